The Morgan fingerprint density at radius 1 is 0.971 bits per heavy atom. The number of carbonyl (C=O) groups is 1. The Hall–Kier alpha value is -3.68. The lowest BCUT2D eigenvalue weighted by Crippen LogP contribution is -2.43. The molecule has 1 amide bonds. The molecule has 6 rings (SSSR count). The molecule has 4 aromatic rings. The maximum atomic E-state index is 14.0. The van der Waals surface area contributed by atoms with Crippen LogP contribution in [0, 0.1) is 0 Å². The van der Waals surface area contributed by atoms with E-state index < -0.39 is 0 Å². The van der Waals surface area contributed by atoms with Crippen molar-refractivity contribution in [2.75, 3.05) is 41.7 Å². The van der Waals surface area contributed by atoms with Crippen LogP contribution in [-0.4, -0.2) is 37.1 Å². The summed E-state index contributed by atoms with van der Waals surface area (Å²) >= 11 is 1.56. The highest BCUT2D eigenvalue weighted by atomic mass is 32.1. The molecule has 7 heteroatoms. The second-order valence-electron chi connectivity index (χ2n) is 9.03. The minimum absolute atomic E-state index is 0.0334. The lowest BCUT2D eigenvalue weighted by atomic mass is 10.0. The average Bonchev–Trinajstić information content (AvgIpc) is 3.28. The quantitative estimate of drug-likeness (QED) is 0.418. The van der Waals surface area contributed by atoms with Gasteiger partial charge in [-0.1, -0.05) is 18.2 Å². The number of hydrogen-bond acceptors (Lipinski definition) is 6. The number of nitrogens with zero attached hydrogens (tertiary/aromatic N) is 3. The average molecular weight is 482 g/mol. The van der Waals surface area contributed by atoms with Crippen molar-refractivity contribution in [3.63, 3.8) is 0 Å². The number of hydrogen-bond donors (Lipinski definition) is 2. The van der Waals surface area contributed by atoms with Crippen molar-refractivity contribution < 1.29 is 4.79 Å². The summed E-state index contributed by atoms with van der Waals surface area (Å²) in [5, 5.41) is 3.42. The SMILES string of the molecule is Nc1ccc(-c2cc3c(s2)C(=O)N(Cc2ccccn2)c2ccc(N4CCNCC4)cc2C3)cc1. The van der Waals surface area contributed by atoms with Crippen molar-refractivity contribution >= 4 is 34.3 Å². The van der Waals surface area contributed by atoms with E-state index in [4.69, 9.17) is 5.73 Å². The molecule has 6 nitrogen and oxygen atoms in total. The molecule has 0 atom stereocenters. The first-order chi connectivity index (χ1) is 17.2. The number of nitrogen functional groups attached to an aromatic ring is 1. The van der Waals surface area contributed by atoms with Crippen LogP contribution in [0.25, 0.3) is 10.4 Å². The number of rotatable bonds is 4. The summed E-state index contributed by atoms with van der Waals surface area (Å²) in [6, 6.07) is 22.4. The Balaban J connectivity index is 1.44. The van der Waals surface area contributed by atoms with Gasteiger partial charge in [-0.3, -0.25) is 9.78 Å². The summed E-state index contributed by atoms with van der Waals surface area (Å²) in [6.07, 6.45) is 2.50. The summed E-state index contributed by atoms with van der Waals surface area (Å²) in [5.74, 6) is 0.0334. The van der Waals surface area contributed by atoms with Crippen LogP contribution in [0.3, 0.4) is 0 Å². The van der Waals surface area contributed by atoms with Gasteiger partial charge < -0.3 is 20.9 Å². The molecule has 2 aliphatic heterocycles. The van der Waals surface area contributed by atoms with Crippen LogP contribution in [0.15, 0.2) is 72.9 Å². The van der Waals surface area contributed by atoms with Gasteiger partial charge in [-0.25, -0.2) is 0 Å². The number of anilines is 3. The van der Waals surface area contributed by atoms with Gasteiger partial charge in [0.2, 0.25) is 0 Å². The van der Waals surface area contributed by atoms with E-state index in [2.05, 4.69) is 39.5 Å². The maximum absolute atomic E-state index is 14.0. The summed E-state index contributed by atoms with van der Waals surface area (Å²) < 4.78 is 0. The fraction of sp³-hybridized carbons (Fsp3) is 0.214. The summed E-state index contributed by atoms with van der Waals surface area (Å²) in [7, 11) is 0. The van der Waals surface area contributed by atoms with Gasteiger partial charge in [0, 0.05) is 60.7 Å². The number of carbonyl (C=O) groups excluding carboxylic acids is 1. The van der Waals surface area contributed by atoms with Gasteiger partial charge in [-0.2, -0.15) is 0 Å². The second kappa shape index (κ2) is 9.17. The van der Waals surface area contributed by atoms with E-state index in [0.717, 1.165) is 70.5 Å². The van der Waals surface area contributed by atoms with Crippen LogP contribution in [0.1, 0.15) is 26.5 Å². The predicted molar refractivity (Wildman–Crippen MR) is 143 cm³/mol. The van der Waals surface area contributed by atoms with E-state index in [0.29, 0.717) is 6.54 Å². The van der Waals surface area contributed by atoms with Gasteiger partial charge in [0.25, 0.3) is 5.91 Å². The third-order valence-electron chi connectivity index (χ3n) is 6.71. The molecule has 0 unspecified atom stereocenters. The molecule has 1 fully saturated rings. The van der Waals surface area contributed by atoms with Crippen LogP contribution in [0.2, 0.25) is 0 Å². The molecule has 176 valence electrons. The number of piperazine rings is 1. The van der Waals surface area contributed by atoms with Crippen molar-refractivity contribution in [1.82, 2.24) is 10.3 Å². The zero-order valence-electron chi connectivity index (χ0n) is 19.4. The molecule has 4 heterocycles. The predicted octanol–water partition coefficient (Wildman–Crippen LogP) is 4.55. The topological polar surface area (TPSA) is 74.5 Å². The maximum Gasteiger partial charge on any atom is 0.269 e. The van der Waals surface area contributed by atoms with E-state index in [1.54, 1.807) is 17.5 Å². The molecule has 0 spiro atoms. The van der Waals surface area contributed by atoms with E-state index >= 15 is 0 Å². The van der Waals surface area contributed by atoms with Crippen LogP contribution in [0.4, 0.5) is 17.1 Å². The lowest BCUT2D eigenvalue weighted by Gasteiger charge is -2.31. The zero-order valence-corrected chi connectivity index (χ0v) is 20.2. The van der Waals surface area contributed by atoms with Crippen molar-refractivity contribution in [3.8, 4) is 10.4 Å². The highest BCUT2D eigenvalue weighted by Crippen LogP contribution is 2.40. The normalized spacial score (nSPS) is 15.5. The second-order valence-corrected chi connectivity index (χ2v) is 10.1. The highest BCUT2D eigenvalue weighted by Gasteiger charge is 2.30. The van der Waals surface area contributed by atoms with Crippen molar-refractivity contribution in [2.24, 2.45) is 0 Å². The van der Waals surface area contributed by atoms with Crippen LogP contribution >= 0.6 is 11.3 Å². The Morgan fingerprint density at radius 3 is 2.57 bits per heavy atom. The summed E-state index contributed by atoms with van der Waals surface area (Å²) in [4.78, 5) is 24.7. The van der Waals surface area contributed by atoms with E-state index in [1.165, 1.54) is 11.3 Å². The molecule has 0 saturated carbocycles. The highest BCUT2D eigenvalue weighted by molar-refractivity contribution is 7.17. The number of nitrogens with two attached hydrogens (primary N) is 1. The Morgan fingerprint density at radius 2 is 1.80 bits per heavy atom. The first-order valence-electron chi connectivity index (χ1n) is 11.9. The molecule has 2 aromatic heterocycles. The molecular weight excluding hydrogens is 454 g/mol. The van der Waals surface area contributed by atoms with E-state index in [1.807, 2.05) is 47.4 Å². The summed E-state index contributed by atoms with van der Waals surface area (Å²) in [6.45, 7) is 4.39. The smallest absolute Gasteiger partial charge is 0.269 e. The first-order valence-corrected chi connectivity index (χ1v) is 12.8. The number of aromatic nitrogens is 1. The Bertz CT molecular complexity index is 1360. The monoisotopic (exact) mass is 481 g/mol. The number of fused-ring (bicyclic) bond motifs is 2. The molecule has 0 radical (unpaired) electrons. The number of pyridine rings is 1. The third kappa shape index (κ3) is 4.29. The minimum Gasteiger partial charge on any atom is -0.399 e. The molecule has 2 aromatic carbocycles. The van der Waals surface area contributed by atoms with Crippen molar-refractivity contribution in [2.45, 2.75) is 13.0 Å². The van der Waals surface area contributed by atoms with Crippen molar-refractivity contribution in [1.29, 1.82) is 0 Å². The molecule has 2 aliphatic rings. The molecule has 3 N–H and O–H groups in total. The number of benzene rings is 2. The lowest BCUT2D eigenvalue weighted by molar-refractivity contribution is 0.0989. The van der Waals surface area contributed by atoms with Crippen molar-refractivity contribution in [3.05, 3.63) is 94.6 Å². The molecule has 0 bridgehead atoms. The van der Waals surface area contributed by atoms with Crippen LogP contribution in [-0.2, 0) is 13.0 Å². The standard InChI is InChI=1S/C28H27N5OS/c29-22-6-4-19(5-7-22)26-17-21-15-20-16-24(32-13-11-30-12-14-32)8-9-25(20)33(28(34)27(21)35-26)18-23-3-1-2-10-31-23/h1-10,16-17,30H,11-15,18,29H2. The number of nitrogens with one attached hydrogen (secondary N) is 1. The van der Waals surface area contributed by atoms with Gasteiger partial charge in [0.1, 0.15) is 0 Å². The Labute approximate surface area is 209 Å². The number of amides is 1. The fourth-order valence-electron chi connectivity index (χ4n) is 4.88. The van der Waals surface area contributed by atoms with Gasteiger partial charge in [0.15, 0.2) is 0 Å². The largest absolute Gasteiger partial charge is 0.399 e. The Kier molecular flexibility index (Phi) is 5.72. The zero-order chi connectivity index (χ0) is 23.8. The van der Waals surface area contributed by atoms with Gasteiger partial charge >= 0.3 is 0 Å². The minimum atomic E-state index is 0.0334. The first kappa shape index (κ1) is 21.8. The third-order valence-corrected chi connectivity index (χ3v) is 7.92. The van der Waals surface area contributed by atoms with Gasteiger partial charge in [-0.15, -0.1) is 11.3 Å². The number of thiophene rings is 1. The summed E-state index contributed by atoms with van der Waals surface area (Å²) in [5.41, 5.74) is 13.0. The van der Waals surface area contributed by atoms with E-state index in [9.17, 15) is 4.79 Å². The molecule has 1 saturated heterocycles. The van der Waals surface area contributed by atoms with Gasteiger partial charge in [-0.05, 0) is 65.2 Å². The van der Waals surface area contributed by atoms with Crippen LogP contribution in [0.5, 0.6) is 0 Å². The van der Waals surface area contributed by atoms with Gasteiger partial charge in [0.05, 0.1) is 17.1 Å². The molecular formula is C28H27N5OS. The fourth-order valence-corrected chi connectivity index (χ4v) is 6.01. The molecule has 35 heavy (non-hydrogen) atoms. The molecule has 0 aliphatic carbocycles. The van der Waals surface area contributed by atoms with Crippen LogP contribution < -0.4 is 20.9 Å². The van der Waals surface area contributed by atoms with E-state index in [-0.39, 0.29) is 5.91 Å².